The normalized spacial score (nSPS) is 11.1. The van der Waals surface area contributed by atoms with E-state index in [0.29, 0.717) is 28.2 Å². The summed E-state index contributed by atoms with van der Waals surface area (Å²) in [7, 11) is -1.85. The van der Waals surface area contributed by atoms with E-state index in [1.807, 2.05) is 31.2 Å². The molecule has 29 heavy (non-hydrogen) atoms. The fourth-order valence-corrected chi connectivity index (χ4v) is 3.22. The SMILES string of the molecule is Cc1cccc(-c2noc(CNC(=S)Nc3cccc(N(C)S(C)(=O)=O)c3)n2)c1. The second kappa shape index (κ2) is 8.58. The van der Waals surface area contributed by atoms with E-state index in [1.54, 1.807) is 24.3 Å². The summed E-state index contributed by atoms with van der Waals surface area (Å²) < 4.78 is 29.8. The molecule has 1 heterocycles. The molecule has 10 heteroatoms. The molecular formula is C19H21N5O3S2. The van der Waals surface area contributed by atoms with Crippen molar-refractivity contribution >= 4 is 38.7 Å². The predicted octanol–water partition coefficient (Wildman–Crippen LogP) is 2.93. The third kappa shape index (κ3) is 5.52. The molecule has 0 amide bonds. The summed E-state index contributed by atoms with van der Waals surface area (Å²) in [5.74, 6) is 0.914. The zero-order valence-corrected chi connectivity index (χ0v) is 17.8. The molecule has 2 N–H and O–H groups in total. The maximum Gasteiger partial charge on any atom is 0.246 e. The summed E-state index contributed by atoms with van der Waals surface area (Å²) in [5, 5.41) is 10.3. The van der Waals surface area contributed by atoms with Crippen LogP contribution in [-0.4, -0.2) is 37.0 Å². The predicted molar refractivity (Wildman–Crippen MR) is 117 cm³/mol. The molecular weight excluding hydrogens is 410 g/mol. The average molecular weight is 432 g/mol. The highest BCUT2D eigenvalue weighted by Crippen LogP contribution is 2.20. The van der Waals surface area contributed by atoms with Gasteiger partial charge in [0.15, 0.2) is 5.11 Å². The Kier molecular flexibility index (Phi) is 6.14. The van der Waals surface area contributed by atoms with Crippen LogP contribution in [0.25, 0.3) is 11.4 Å². The maximum absolute atomic E-state index is 11.7. The first kappa shape index (κ1) is 20.7. The number of hydrogen-bond donors (Lipinski definition) is 2. The third-order valence-corrected chi connectivity index (χ3v) is 5.56. The smallest absolute Gasteiger partial charge is 0.246 e. The number of aryl methyl sites for hydroxylation is 1. The fraction of sp³-hybridized carbons (Fsp3) is 0.211. The zero-order valence-electron chi connectivity index (χ0n) is 16.2. The fourth-order valence-electron chi connectivity index (χ4n) is 2.53. The number of sulfonamides is 1. The van der Waals surface area contributed by atoms with E-state index in [2.05, 4.69) is 20.8 Å². The summed E-state index contributed by atoms with van der Waals surface area (Å²) in [5.41, 5.74) is 3.18. The summed E-state index contributed by atoms with van der Waals surface area (Å²) in [6.45, 7) is 2.26. The van der Waals surface area contributed by atoms with Crippen LogP contribution in [0, 0.1) is 6.92 Å². The topological polar surface area (TPSA) is 100 Å². The van der Waals surface area contributed by atoms with Crippen LogP contribution in [0.15, 0.2) is 53.1 Å². The molecule has 3 aromatic rings. The van der Waals surface area contributed by atoms with Crippen molar-refractivity contribution in [1.82, 2.24) is 15.5 Å². The molecule has 0 saturated heterocycles. The highest BCUT2D eigenvalue weighted by molar-refractivity contribution is 7.92. The van der Waals surface area contributed by atoms with Gasteiger partial charge in [0.2, 0.25) is 21.7 Å². The molecule has 0 fully saturated rings. The first-order valence-electron chi connectivity index (χ1n) is 8.71. The van der Waals surface area contributed by atoms with Crippen molar-refractivity contribution in [2.75, 3.05) is 22.9 Å². The maximum atomic E-state index is 11.7. The minimum atomic E-state index is -3.34. The van der Waals surface area contributed by atoms with Gasteiger partial charge in [-0.25, -0.2) is 8.42 Å². The molecule has 3 rings (SSSR count). The molecule has 1 aromatic heterocycles. The molecule has 0 bridgehead atoms. The minimum Gasteiger partial charge on any atom is -0.353 e. The zero-order chi connectivity index (χ0) is 21.0. The van der Waals surface area contributed by atoms with Crippen molar-refractivity contribution in [1.29, 1.82) is 0 Å². The Bertz CT molecular complexity index is 1130. The Labute approximate surface area is 175 Å². The van der Waals surface area contributed by atoms with Gasteiger partial charge in [-0.05, 0) is 43.4 Å². The third-order valence-electron chi connectivity index (χ3n) is 4.11. The molecule has 0 spiro atoms. The summed E-state index contributed by atoms with van der Waals surface area (Å²) in [6, 6.07) is 14.8. The lowest BCUT2D eigenvalue weighted by Crippen LogP contribution is -2.28. The Hall–Kier alpha value is -2.98. The van der Waals surface area contributed by atoms with E-state index >= 15 is 0 Å². The summed E-state index contributed by atoms with van der Waals surface area (Å²) in [6.07, 6.45) is 1.15. The highest BCUT2D eigenvalue weighted by Gasteiger charge is 2.13. The number of thiocarbonyl (C=S) groups is 1. The van der Waals surface area contributed by atoms with Crippen LogP contribution in [0.4, 0.5) is 11.4 Å². The van der Waals surface area contributed by atoms with Gasteiger partial charge in [-0.2, -0.15) is 4.98 Å². The van der Waals surface area contributed by atoms with Gasteiger partial charge >= 0.3 is 0 Å². The molecule has 0 saturated carbocycles. The molecule has 0 aliphatic heterocycles. The Balaban J connectivity index is 1.60. The number of nitrogens with one attached hydrogen (secondary N) is 2. The van der Waals surface area contributed by atoms with Crippen LogP contribution >= 0.6 is 12.2 Å². The minimum absolute atomic E-state index is 0.258. The van der Waals surface area contributed by atoms with Gasteiger partial charge in [0.1, 0.15) is 0 Å². The van der Waals surface area contributed by atoms with E-state index in [4.69, 9.17) is 16.7 Å². The largest absolute Gasteiger partial charge is 0.353 e. The summed E-state index contributed by atoms with van der Waals surface area (Å²) in [4.78, 5) is 4.36. The van der Waals surface area contributed by atoms with Crippen molar-refractivity contribution in [3.05, 3.63) is 60.0 Å². The quantitative estimate of drug-likeness (QED) is 0.575. The number of aromatic nitrogens is 2. The highest BCUT2D eigenvalue weighted by atomic mass is 32.2. The summed E-state index contributed by atoms with van der Waals surface area (Å²) >= 11 is 5.29. The average Bonchev–Trinajstić information content (AvgIpc) is 3.14. The molecule has 0 radical (unpaired) electrons. The number of anilines is 2. The van der Waals surface area contributed by atoms with E-state index < -0.39 is 10.0 Å². The Morgan fingerprint density at radius 2 is 1.97 bits per heavy atom. The number of nitrogens with zero attached hydrogens (tertiary/aromatic N) is 3. The van der Waals surface area contributed by atoms with Gasteiger partial charge in [0.25, 0.3) is 0 Å². The lowest BCUT2D eigenvalue weighted by atomic mass is 10.1. The lowest BCUT2D eigenvalue weighted by molar-refractivity contribution is 0.376. The molecule has 0 atom stereocenters. The van der Waals surface area contributed by atoms with Gasteiger partial charge in [-0.15, -0.1) is 0 Å². The van der Waals surface area contributed by atoms with Crippen LogP contribution in [0.5, 0.6) is 0 Å². The van der Waals surface area contributed by atoms with E-state index in [-0.39, 0.29) is 6.54 Å². The number of benzene rings is 2. The number of hydrogen-bond acceptors (Lipinski definition) is 6. The van der Waals surface area contributed by atoms with E-state index in [0.717, 1.165) is 17.4 Å². The molecule has 0 aliphatic carbocycles. The van der Waals surface area contributed by atoms with E-state index in [1.165, 1.54) is 11.4 Å². The van der Waals surface area contributed by atoms with Crippen molar-refractivity contribution in [3.8, 4) is 11.4 Å². The molecule has 2 aromatic carbocycles. The van der Waals surface area contributed by atoms with Crippen molar-refractivity contribution < 1.29 is 12.9 Å². The first-order valence-corrected chi connectivity index (χ1v) is 11.0. The second-order valence-corrected chi connectivity index (χ2v) is 8.89. The van der Waals surface area contributed by atoms with Crippen molar-refractivity contribution in [2.24, 2.45) is 0 Å². The van der Waals surface area contributed by atoms with Gasteiger partial charge in [-0.1, -0.05) is 35.0 Å². The van der Waals surface area contributed by atoms with E-state index in [9.17, 15) is 8.42 Å². The molecule has 8 nitrogen and oxygen atoms in total. The molecule has 0 aliphatic rings. The lowest BCUT2D eigenvalue weighted by Gasteiger charge is -2.18. The Morgan fingerprint density at radius 1 is 1.21 bits per heavy atom. The van der Waals surface area contributed by atoms with Crippen LogP contribution < -0.4 is 14.9 Å². The van der Waals surface area contributed by atoms with Crippen LogP contribution in [0.3, 0.4) is 0 Å². The van der Waals surface area contributed by atoms with Crippen LogP contribution in [0.1, 0.15) is 11.5 Å². The van der Waals surface area contributed by atoms with Gasteiger partial charge in [-0.3, -0.25) is 4.31 Å². The van der Waals surface area contributed by atoms with Crippen molar-refractivity contribution in [2.45, 2.75) is 13.5 Å². The van der Waals surface area contributed by atoms with Crippen LogP contribution in [-0.2, 0) is 16.6 Å². The van der Waals surface area contributed by atoms with Crippen LogP contribution in [0.2, 0.25) is 0 Å². The molecule has 152 valence electrons. The monoisotopic (exact) mass is 431 g/mol. The van der Waals surface area contributed by atoms with Gasteiger partial charge < -0.3 is 15.2 Å². The van der Waals surface area contributed by atoms with Gasteiger partial charge in [0, 0.05) is 18.3 Å². The first-order chi connectivity index (χ1) is 13.7. The standard InChI is InChI=1S/C19H21N5O3S2/c1-13-6-4-7-14(10-13)18-22-17(27-23-18)12-20-19(28)21-15-8-5-9-16(11-15)24(2)29(3,25)26/h4-11H,12H2,1-3H3,(H2,20,21,28). The Morgan fingerprint density at radius 3 is 2.69 bits per heavy atom. The number of rotatable bonds is 6. The molecule has 0 unspecified atom stereocenters. The second-order valence-electron chi connectivity index (χ2n) is 6.47. The van der Waals surface area contributed by atoms with Crippen molar-refractivity contribution in [3.63, 3.8) is 0 Å². The van der Waals surface area contributed by atoms with Gasteiger partial charge in [0.05, 0.1) is 18.5 Å².